The summed E-state index contributed by atoms with van der Waals surface area (Å²) in [5.41, 5.74) is 4.08. The zero-order valence-electron chi connectivity index (χ0n) is 19.0. The van der Waals surface area contributed by atoms with E-state index in [4.69, 9.17) is 14.2 Å². The van der Waals surface area contributed by atoms with Crippen molar-refractivity contribution in [1.82, 2.24) is 0 Å². The lowest BCUT2D eigenvalue weighted by atomic mass is 10.1. The summed E-state index contributed by atoms with van der Waals surface area (Å²) in [6.45, 7) is 4.55. The van der Waals surface area contributed by atoms with Gasteiger partial charge in [0.15, 0.2) is 11.5 Å². The van der Waals surface area contributed by atoms with Crippen LogP contribution in [0.25, 0.3) is 6.08 Å². The molecule has 0 aliphatic heterocycles. The van der Waals surface area contributed by atoms with Crippen LogP contribution >= 0.6 is 0 Å². The number of carbonyl (C=O) groups is 2. The average Bonchev–Trinajstić information content (AvgIpc) is 2.83. The molecule has 0 atom stereocenters. The molecule has 0 aliphatic carbocycles. The van der Waals surface area contributed by atoms with E-state index < -0.39 is 5.97 Å². The molecular weight excluding hydrogens is 418 g/mol. The zero-order chi connectivity index (χ0) is 23.6. The second-order valence-corrected chi connectivity index (χ2v) is 7.25. The standard InChI is InChI=1S/C27H27NO5/c1-4-32-27(30)21-11-13-23(14-12-21)28-26(29)16-10-20-9-15-24(25(17-20)31-3)33-18-22-8-6-5-7-19(22)2/h5-17H,4,18H2,1-3H3,(H,28,29). The molecule has 0 aliphatic rings. The van der Waals surface area contributed by atoms with E-state index in [1.54, 1.807) is 44.4 Å². The van der Waals surface area contributed by atoms with Crippen molar-refractivity contribution < 1.29 is 23.8 Å². The van der Waals surface area contributed by atoms with Crippen LogP contribution in [-0.4, -0.2) is 25.6 Å². The fraction of sp³-hybridized carbons (Fsp3) is 0.185. The first kappa shape index (κ1) is 23.6. The van der Waals surface area contributed by atoms with E-state index in [9.17, 15) is 9.59 Å². The van der Waals surface area contributed by atoms with Crippen molar-refractivity contribution in [3.63, 3.8) is 0 Å². The number of aryl methyl sites for hydroxylation is 1. The van der Waals surface area contributed by atoms with Crippen LogP contribution in [0, 0.1) is 6.92 Å². The lowest BCUT2D eigenvalue weighted by Crippen LogP contribution is -2.08. The van der Waals surface area contributed by atoms with Crippen molar-refractivity contribution in [2.45, 2.75) is 20.5 Å². The van der Waals surface area contributed by atoms with Crippen molar-refractivity contribution in [2.24, 2.45) is 0 Å². The molecule has 6 nitrogen and oxygen atoms in total. The Morgan fingerprint density at radius 3 is 2.42 bits per heavy atom. The van der Waals surface area contributed by atoms with Crippen LogP contribution in [0.3, 0.4) is 0 Å². The van der Waals surface area contributed by atoms with Gasteiger partial charge in [-0.05, 0) is 73.0 Å². The predicted molar refractivity (Wildman–Crippen MR) is 129 cm³/mol. The number of carbonyl (C=O) groups excluding carboxylic acids is 2. The Kier molecular flexibility index (Phi) is 8.24. The highest BCUT2D eigenvalue weighted by atomic mass is 16.5. The molecule has 1 N–H and O–H groups in total. The van der Waals surface area contributed by atoms with Gasteiger partial charge in [-0.3, -0.25) is 4.79 Å². The monoisotopic (exact) mass is 445 g/mol. The average molecular weight is 446 g/mol. The van der Waals surface area contributed by atoms with Crippen LogP contribution in [0.5, 0.6) is 11.5 Å². The van der Waals surface area contributed by atoms with Crippen LogP contribution in [-0.2, 0) is 16.1 Å². The fourth-order valence-electron chi connectivity index (χ4n) is 3.09. The van der Waals surface area contributed by atoms with E-state index in [2.05, 4.69) is 5.32 Å². The predicted octanol–water partition coefficient (Wildman–Crippen LogP) is 5.41. The number of nitrogens with one attached hydrogen (secondary N) is 1. The number of esters is 1. The van der Waals surface area contributed by atoms with E-state index in [1.807, 2.05) is 49.4 Å². The summed E-state index contributed by atoms with van der Waals surface area (Å²) in [4.78, 5) is 24.0. The number of anilines is 1. The van der Waals surface area contributed by atoms with Crippen LogP contribution in [0.15, 0.2) is 72.8 Å². The topological polar surface area (TPSA) is 73.9 Å². The molecule has 3 rings (SSSR count). The molecule has 0 saturated heterocycles. The number of hydrogen-bond acceptors (Lipinski definition) is 5. The van der Waals surface area contributed by atoms with Crippen LogP contribution < -0.4 is 14.8 Å². The first-order valence-electron chi connectivity index (χ1n) is 10.6. The van der Waals surface area contributed by atoms with Gasteiger partial charge in [-0.15, -0.1) is 0 Å². The molecule has 0 saturated carbocycles. The van der Waals surface area contributed by atoms with Crippen molar-refractivity contribution in [1.29, 1.82) is 0 Å². The number of methoxy groups -OCH3 is 1. The Labute approximate surface area is 193 Å². The Morgan fingerprint density at radius 2 is 1.73 bits per heavy atom. The number of hydrogen-bond donors (Lipinski definition) is 1. The maximum Gasteiger partial charge on any atom is 0.338 e. The normalized spacial score (nSPS) is 10.6. The molecule has 3 aromatic rings. The fourth-order valence-corrected chi connectivity index (χ4v) is 3.09. The first-order chi connectivity index (χ1) is 16.0. The third-order valence-corrected chi connectivity index (χ3v) is 4.92. The molecule has 170 valence electrons. The maximum absolute atomic E-state index is 12.3. The van der Waals surface area contributed by atoms with E-state index in [0.717, 1.165) is 16.7 Å². The summed E-state index contributed by atoms with van der Waals surface area (Å²) >= 11 is 0. The van der Waals surface area contributed by atoms with Gasteiger partial charge in [0.2, 0.25) is 5.91 Å². The molecule has 0 unspecified atom stereocenters. The minimum Gasteiger partial charge on any atom is -0.493 e. The maximum atomic E-state index is 12.3. The summed E-state index contributed by atoms with van der Waals surface area (Å²) in [7, 11) is 1.58. The van der Waals surface area contributed by atoms with Gasteiger partial charge in [0.25, 0.3) is 0 Å². The summed E-state index contributed by atoms with van der Waals surface area (Å²) < 4.78 is 16.3. The third kappa shape index (κ3) is 6.71. The highest BCUT2D eigenvalue weighted by molar-refractivity contribution is 6.02. The van der Waals surface area contributed by atoms with Crippen molar-refractivity contribution in [2.75, 3.05) is 19.0 Å². The van der Waals surface area contributed by atoms with Gasteiger partial charge >= 0.3 is 5.97 Å². The lowest BCUT2D eigenvalue weighted by molar-refractivity contribution is -0.111. The Hall–Kier alpha value is -4.06. The zero-order valence-corrected chi connectivity index (χ0v) is 19.0. The van der Waals surface area contributed by atoms with Gasteiger partial charge in [-0.2, -0.15) is 0 Å². The van der Waals surface area contributed by atoms with Crippen molar-refractivity contribution in [3.8, 4) is 11.5 Å². The Bertz CT molecular complexity index is 1140. The van der Waals surface area contributed by atoms with E-state index in [1.165, 1.54) is 6.08 Å². The van der Waals surface area contributed by atoms with Crippen LogP contribution in [0.1, 0.15) is 34.0 Å². The highest BCUT2D eigenvalue weighted by Crippen LogP contribution is 2.29. The number of rotatable bonds is 9. The second kappa shape index (κ2) is 11.5. The Morgan fingerprint density at radius 1 is 0.970 bits per heavy atom. The molecule has 0 aromatic heterocycles. The molecule has 3 aromatic carbocycles. The molecule has 1 amide bonds. The molecule has 33 heavy (non-hydrogen) atoms. The number of benzene rings is 3. The minimum atomic E-state index is -0.393. The largest absolute Gasteiger partial charge is 0.493 e. The second-order valence-electron chi connectivity index (χ2n) is 7.25. The molecular formula is C27H27NO5. The third-order valence-electron chi connectivity index (χ3n) is 4.92. The van der Waals surface area contributed by atoms with Crippen LogP contribution in [0.2, 0.25) is 0 Å². The van der Waals surface area contributed by atoms with Gasteiger partial charge < -0.3 is 19.5 Å². The molecule has 0 bridgehead atoms. The van der Waals surface area contributed by atoms with E-state index in [-0.39, 0.29) is 5.91 Å². The molecule has 0 fully saturated rings. The minimum absolute atomic E-state index is 0.294. The molecule has 6 heteroatoms. The Balaban J connectivity index is 1.60. The first-order valence-corrected chi connectivity index (χ1v) is 10.6. The smallest absolute Gasteiger partial charge is 0.338 e. The van der Waals surface area contributed by atoms with Crippen molar-refractivity contribution in [3.05, 3.63) is 95.1 Å². The highest BCUT2D eigenvalue weighted by Gasteiger charge is 2.08. The number of amides is 1. The number of ether oxygens (including phenoxy) is 3. The summed E-state index contributed by atoms with van der Waals surface area (Å²) in [6, 6.07) is 20.1. The van der Waals surface area contributed by atoms with Gasteiger partial charge in [0.1, 0.15) is 6.61 Å². The van der Waals surface area contributed by atoms with Gasteiger partial charge in [0, 0.05) is 11.8 Å². The molecule has 0 spiro atoms. The lowest BCUT2D eigenvalue weighted by Gasteiger charge is -2.12. The van der Waals surface area contributed by atoms with Gasteiger partial charge in [-0.1, -0.05) is 30.3 Å². The summed E-state index contributed by atoms with van der Waals surface area (Å²) in [6.07, 6.45) is 3.12. The van der Waals surface area contributed by atoms with E-state index in [0.29, 0.717) is 36.0 Å². The SMILES string of the molecule is CCOC(=O)c1ccc(NC(=O)C=Cc2ccc(OCc3ccccc3C)c(OC)c2)cc1. The van der Waals surface area contributed by atoms with Crippen LogP contribution in [0.4, 0.5) is 5.69 Å². The molecule has 0 radical (unpaired) electrons. The quantitative estimate of drug-likeness (QED) is 0.352. The molecule has 0 heterocycles. The van der Waals surface area contributed by atoms with E-state index >= 15 is 0 Å². The summed E-state index contributed by atoms with van der Waals surface area (Å²) in [5.74, 6) is 0.526. The van der Waals surface area contributed by atoms with Gasteiger partial charge in [-0.25, -0.2) is 4.79 Å². The van der Waals surface area contributed by atoms with Gasteiger partial charge in [0.05, 0.1) is 19.3 Å². The summed E-state index contributed by atoms with van der Waals surface area (Å²) in [5, 5.41) is 2.76. The van der Waals surface area contributed by atoms with Crippen molar-refractivity contribution >= 4 is 23.6 Å².